The van der Waals surface area contributed by atoms with Crippen LogP contribution in [0.15, 0.2) is 28.7 Å². The number of hydrogen-bond acceptors (Lipinski definition) is 2. The molecule has 3 heteroatoms. The zero-order chi connectivity index (χ0) is 15.5. The molecule has 0 aliphatic rings. The second-order valence-electron chi connectivity index (χ2n) is 6.16. The van der Waals surface area contributed by atoms with Crippen LogP contribution in [0.1, 0.15) is 39.2 Å². The second-order valence-corrected chi connectivity index (χ2v) is 7.07. The fourth-order valence-electron chi connectivity index (χ4n) is 2.28. The average Bonchev–Trinajstić information content (AvgIpc) is 2.45. The molecule has 0 fully saturated rings. The summed E-state index contributed by atoms with van der Waals surface area (Å²) in [4.78, 5) is 0. The summed E-state index contributed by atoms with van der Waals surface area (Å²) >= 11 is 3.50. The van der Waals surface area contributed by atoms with Crippen LogP contribution >= 0.6 is 15.9 Å². The van der Waals surface area contributed by atoms with Gasteiger partial charge in [0.05, 0.1) is 0 Å². The minimum absolute atomic E-state index is 0.619. The maximum atomic E-state index is 5.75. The van der Waals surface area contributed by atoms with E-state index in [4.69, 9.17) is 4.74 Å². The van der Waals surface area contributed by atoms with Crippen molar-refractivity contribution in [3.63, 3.8) is 0 Å². The molecule has 1 aromatic rings. The summed E-state index contributed by atoms with van der Waals surface area (Å²) in [6.07, 6.45) is 3.43. The molecule has 0 saturated carbocycles. The van der Waals surface area contributed by atoms with Gasteiger partial charge in [-0.05, 0) is 61.9 Å². The molecule has 1 rings (SSSR count). The Morgan fingerprint density at radius 2 is 1.90 bits per heavy atom. The van der Waals surface area contributed by atoms with Gasteiger partial charge in [0, 0.05) is 17.7 Å². The summed E-state index contributed by atoms with van der Waals surface area (Å²) in [5.41, 5.74) is 1.41. The smallest absolute Gasteiger partial charge is 0.0488 e. The molecule has 0 radical (unpaired) electrons. The molecule has 0 amide bonds. The van der Waals surface area contributed by atoms with E-state index in [2.05, 4.69) is 66.3 Å². The molecule has 1 unspecified atom stereocenters. The van der Waals surface area contributed by atoms with E-state index in [1.807, 2.05) is 0 Å². The number of halogens is 1. The maximum absolute atomic E-state index is 5.75. The van der Waals surface area contributed by atoms with Crippen molar-refractivity contribution in [3.05, 3.63) is 34.3 Å². The van der Waals surface area contributed by atoms with E-state index in [0.717, 1.165) is 43.6 Å². The summed E-state index contributed by atoms with van der Waals surface area (Å²) in [5, 5.41) is 3.55. The fourth-order valence-corrected chi connectivity index (χ4v) is 2.55. The summed E-state index contributed by atoms with van der Waals surface area (Å²) in [6, 6.07) is 8.68. The lowest BCUT2D eigenvalue weighted by Gasteiger charge is -2.18. The van der Waals surface area contributed by atoms with E-state index < -0.39 is 0 Å². The van der Waals surface area contributed by atoms with Gasteiger partial charge in [-0.25, -0.2) is 0 Å². The normalized spacial score (nSPS) is 12.8. The highest BCUT2D eigenvalue weighted by Gasteiger charge is 2.10. The predicted molar refractivity (Wildman–Crippen MR) is 94.8 cm³/mol. The van der Waals surface area contributed by atoms with E-state index >= 15 is 0 Å². The Morgan fingerprint density at radius 3 is 2.52 bits per heavy atom. The number of nitrogens with one attached hydrogen (secondary N) is 1. The highest BCUT2D eigenvalue weighted by molar-refractivity contribution is 9.10. The Balaban J connectivity index is 2.41. The van der Waals surface area contributed by atoms with Gasteiger partial charge in [-0.3, -0.25) is 0 Å². The van der Waals surface area contributed by atoms with Crippen LogP contribution in [0.2, 0.25) is 0 Å². The first-order chi connectivity index (χ1) is 10.1. The van der Waals surface area contributed by atoms with Crippen LogP contribution in [0.4, 0.5) is 0 Å². The topological polar surface area (TPSA) is 21.3 Å². The summed E-state index contributed by atoms with van der Waals surface area (Å²) in [6.45, 7) is 10.5. The Kier molecular flexibility index (Phi) is 9.98. The first-order valence-corrected chi connectivity index (χ1v) is 8.94. The zero-order valence-corrected chi connectivity index (χ0v) is 15.3. The van der Waals surface area contributed by atoms with E-state index in [1.54, 1.807) is 0 Å². The molecule has 1 N–H and O–H groups in total. The van der Waals surface area contributed by atoms with Crippen LogP contribution in [0.3, 0.4) is 0 Å². The minimum atomic E-state index is 0.619. The monoisotopic (exact) mass is 355 g/mol. The van der Waals surface area contributed by atoms with Crippen molar-refractivity contribution in [2.75, 3.05) is 26.3 Å². The van der Waals surface area contributed by atoms with Crippen molar-refractivity contribution in [1.29, 1.82) is 0 Å². The molecule has 1 aromatic carbocycles. The van der Waals surface area contributed by atoms with Gasteiger partial charge in [-0.15, -0.1) is 0 Å². The summed E-state index contributed by atoms with van der Waals surface area (Å²) < 4.78 is 6.90. The molecule has 0 aromatic heterocycles. The third kappa shape index (κ3) is 9.28. The Morgan fingerprint density at radius 1 is 1.19 bits per heavy atom. The summed E-state index contributed by atoms with van der Waals surface area (Å²) in [7, 11) is 0. The van der Waals surface area contributed by atoms with Gasteiger partial charge in [0.15, 0.2) is 0 Å². The van der Waals surface area contributed by atoms with E-state index in [1.165, 1.54) is 12.0 Å². The first-order valence-electron chi connectivity index (χ1n) is 8.14. The first kappa shape index (κ1) is 18.7. The largest absolute Gasteiger partial charge is 0.381 e. The lowest BCUT2D eigenvalue weighted by atomic mass is 9.96. The van der Waals surface area contributed by atoms with Gasteiger partial charge in [0.2, 0.25) is 0 Å². The number of hydrogen-bond donors (Lipinski definition) is 1. The molecular formula is C18H30BrNO. The van der Waals surface area contributed by atoms with Crippen LogP contribution < -0.4 is 5.32 Å². The highest BCUT2D eigenvalue weighted by Crippen LogP contribution is 2.16. The van der Waals surface area contributed by atoms with Crippen LogP contribution in [0.5, 0.6) is 0 Å². The molecule has 0 aliphatic carbocycles. The Labute approximate surface area is 138 Å². The fraction of sp³-hybridized carbons (Fsp3) is 0.667. The van der Waals surface area contributed by atoms with Crippen molar-refractivity contribution < 1.29 is 4.74 Å². The van der Waals surface area contributed by atoms with Crippen molar-refractivity contribution >= 4 is 15.9 Å². The third-order valence-electron chi connectivity index (χ3n) is 3.42. The SMILES string of the molecule is CCCNCC(CCOCC(C)C)Cc1ccc(Br)cc1. The molecule has 0 aliphatic heterocycles. The van der Waals surface area contributed by atoms with Gasteiger partial charge < -0.3 is 10.1 Å². The van der Waals surface area contributed by atoms with Gasteiger partial charge in [0.1, 0.15) is 0 Å². The van der Waals surface area contributed by atoms with Crippen molar-refractivity contribution in [2.24, 2.45) is 11.8 Å². The molecule has 1 atom stereocenters. The predicted octanol–water partition coefficient (Wildman–Crippen LogP) is 4.67. The van der Waals surface area contributed by atoms with Crippen molar-refractivity contribution in [1.82, 2.24) is 5.32 Å². The molecule has 0 spiro atoms. The van der Waals surface area contributed by atoms with Crippen LogP contribution in [0, 0.1) is 11.8 Å². The van der Waals surface area contributed by atoms with Gasteiger partial charge in [-0.2, -0.15) is 0 Å². The minimum Gasteiger partial charge on any atom is -0.381 e. The van der Waals surface area contributed by atoms with Crippen molar-refractivity contribution in [2.45, 2.75) is 40.0 Å². The third-order valence-corrected chi connectivity index (χ3v) is 3.95. The molecule has 0 bridgehead atoms. The lowest BCUT2D eigenvalue weighted by molar-refractivity contribution is 0.0976. The van der Waals surface area contributed by atoms with Gasteiger partial charge in [0.25, 0.3) is 0 Å². The molecular weight excluding hydrogens is 326 g/mol. The molecule has 120 valence electrons. The Hall–Kier alpha value is -0.380. The van der Waals surface area contributed by atoms with Crippen molar-refractivity contribution in [3.8, 4) is 0 Å². The van der Waals surface area contributed by atoms with E-state index in [0.29, 0.717) is 11.8 Å². The molecule has 2 nitrogen and oxygen atoms in total. The van der Waals surface area contributed by atoms with Gasteiger partial charge in [-0.1, -0.05) is 48.8 Å². The molecule has 0 saturated heterocycles. The highest BCUT2D eigenvalue weighted by atomic mass is 79.9. The van der Waals surface area contributed by atoms with E-state index in [9.17, 15) is 0 Å². The van der Waals surface area contributed by atoms with Gasteiger partial charge >= 0.3 is 0 Å². The zero-order valence-electron chi connectivity index (χ0n) is 13.7. The molecule has 0 heterocycles. The van der Waals surface area contributed by atoms with Crippen LogP contribution in [0.25, 0.3) is 0 Å². The van der Waals surface area contributed by atoms with Crippen LogP contribution in [-0.2, 0) is 11.2 Å². The quantitative estimate of drug-likeness (QED) is 0.582. The lowest BCUT2D eigenvalue weighted by Crippen LogP contribution is -2.26. The summed E-state index contributed by atoms with van der Waals surface area (Å²) in [5.74, 6) is 1.26. The Bertz CT molecular complexity index is 364. The number of benzene rings is 1. The maximum Gasteiger partial charge on any atom is 0.0488 e. The second kappa shape index (κ2) is 11.2. The average molecular weight is 356 g/mol. The standard InChI is InChI=1S/C18H30BrNO/c1-4-10-20-13-17(9-11-21-14-15(2)3)12-16-5-7-18(19)8-6-16/h5-8,15,17,20H,4,9-14H2,1-3H3. The molecule has 21 heavy (non-hydrogen) atoms. The number of ether oxygens (including phenoxy) is 1. The number of rotatable bonds is 11. The van der Waals surface area contributed by atoms with Crippen LogP contribution in [-0.4, -0.2) is 26.3 Å². The van der Waals surface area contributed by atoms with E-state index in [-0.39, 0.29) is 0 Å².